The molecule has 31 heavy (non-hydrogen) atoms. The number of nitrogens with zero attached hydrogens (tertiary/aromatic N) is 2. The summed E-state index contributed by atoms with van der Waals surface area (Å²) in [4.78, 5) is 16.9. The fourth-order valence-corrected chi connectivity index (χ4v) is 3.67. The van der Waals surface area contributed by atoms with Gasteiger partial charge >= 0.3 is 5.97 Å². The zero-order chi connectivity index (χ0) is 22.6. The molecular weight excluding hydrogens is 418 g/mol. The van der Waals surface area contributed by atoms with Crippen LogP contribution in [0.3, 0.4) is 0 Å². The molecule has 1 aromatic heterocycles. The summed E-state index contributed by atoms with van der Waals surface area (Å²) in [5, 5.41) is 5.23. The Bertz CT molecular complexity index is 1170. The molecule has 0 bridgehead atoms. The van der Waals surface area contributed by atoms with Gasteiger partial charge in [-0.25, -0.2) is 23.3 Å². The molecule has 0 spiro atoms. The predicted octanol–water partition coefficient (Wildman–Crippen LogP) is 3.30. The molecule has 8 nitrogen and oxygen atoms in total. The lowest BCUT2D eigenvalue weighted by Crippen LogP contribution is -2.26. The molecule has 0 amide bonds. The fraction of sp³-hybridized carbons (Fsp3) is 0.364. The van der Waals surface area contributed by atoms with Crippen LogP contribution in [0, 0.1) is 6.92 Å². The van der Waals surface area contributed by atoms with Gasteiger partial charge < -0.3 is 14.0 Å². The molecular formula is C22H27N3O5S. The SMILES string of the molecule is CCCCn1c(COC(=O)C(C)Oc2ccc(C)cc2)nc2cc(S(N)(=O)=O)ccc21. The number of unbranched alkanes of at least 4 members (excludes halogenated alkanes) is 1. The minimum atomic E-state index is -3.84. The predicted molar refractivity (Wildman–Crippen MR) is 117 cm³/mol. The van der Waals surface area contributed by atoms with Crippen LogP contribution in [0.25, 0.3) is 11.0 Å². The van der Waals surface area contributed by atoms with Crippen molar-refractivity contribution in [3.8, 4) is 5.75 Å². The number of aryl methyl sites for hydroxylation is 2. The maximum atomic E-state index is 12.4. The van der Waals surface area contributed by atoms with Crippen LogP contribution in [-0.4, -0.2) is 30.0 Å². The normalized spacial score (nSPS) is 12.6. The number of benzene rings is 2. The summed E-state index contributed by atoms with van der Waals surface area (Å²) in [5.41, 5.74) is 2.34. The van der Waals surface area contributed by atoms with Gasteiger partial charge in [-0.3, -0.25) is 0 Å². The molecule has 166 valence electrons. The molecule has 0 aliphatic rings. The van der Waals surface area contributed by atoms with Gasteiger partial charge in [0.05, 0.1) is 15.9 Å². The van der Waals surface area contributed by atoms with Gasteiger partial charge in [0.15, 0.2) is 6.10 Å². The highest BCUT2D eigenvalue weighted by atomic mass is 32.2. The topological polar surface area (TPSA) is 114 Å². The number of primary sulfonamides is 1. The van der Waals surface area contributed by atoms with E-state index in [1.165, 1.54) is 12.1 Å². The lowest BCUT2D eigenvalue weighted by atomic mass is 10.2. The van der Waals surface area contributed by atoms with Crippen LogP contribution in [0.5, 0.6) is 5.75 Å². The number of carbonyl (C=O) groups excluding carboxylic acids is 1. The second kappa shape index (κ2) is 9.49. The Morgan fingerprint density at radius 3 is 2.55 bits per heavy atom. The van der Waals surface area contributed by atoms with Crippen molar-refractivity contribution in [3.63, 3.8) is 0 Å². The van der Waals surface area contributed by atoms with E-state index >= 15 is 0 Å². The molecule has 0 saturated heterocycles. The third-order valence-corrected chi connectivity index (χ3v) is 5.78. The van der Waals surface area contributed by atoms with Crippen molar-refractivity contribution >= 4 is 27.0 Å². The van der Waals surface area contributed by atoms with Gasteiger partial charge in [0.25, 0.3) is 0 Å². The van der Waals surface area contributed by atoms with E-state index in [0.29, 0.717) is 23.6 Å². The summed E-state index contributed by atoms with van der Waals surface area (Å²) in [6, 6.07) is 12.0. The van der Waals surface area contributed by atoms with Crippen molar-refractivity contribution in [2.75, 3.05) is 0 Å². The summed E-state index contributed by atoms with van der Waals surface area (Å²) in [6.45, 7) is 6.29. The lowest BCUT2D eigenvalue weighted by Gasteiger charge is -2.14. The van der Waals surface area contributed by atoms with E-state index < -0.39 is 22.1 Å². The number of ether oxygens (including phenoxy) is 2. The maximum Gasteiger partial charge on any atom is 0.347 e. The second-order valence-corrected chi connectivity index (χ2v) is 8.97. The van der Waals surface area contributed by atoms with Crippen molar-refractivity contribution < 1.29 is 22.7 Å². The highest BCUT2D eigenvalue weighted by Crippen LogP contribution is 2.22. The summed E-state index contributed by atoms with van der Waals surface area (Å²) in [6.07, 6.45) is 1.08. The number of sulfonamides is 1. The van der Waals surface area contributed by atoms with Crippen LogP contribution >= 0.6 is 0 Å². The zero-order valence-corrected chi connectivity index (χ0v) is 18.7. The number of rotatable bonds is 9. The minimum Gasteiger partial charge on any atom is -0.479 e. The van der Waals surface area contributed by atoms with Gasteiger partial charge in [0.2, 0.25) is 10.0 Å². The van der Waals surface area contributed by atoms with E-state index in [1.54, 1.807) is 25.1 Å². The average Bonchev–Trinajstić information content (AvgIpc) is 3.08. The summed E-state index contributed by atoms with van der Waals surface area (Å²) < 4.78 is 36.3. The quantitative estimate of drug-likeness (QED) is 0.506. The van der Waals surface area contributed by atoms with Crippen LogP contribution < -0.4 is 9.88 Å². The van der Waals surface area contributed by atoms with Crippen LogP contribution in [0.1, 0.15) is 38.1 Å². The minimum absolute atomic E-state index is 0.0104. The molecule has 3 aromatic rings. The van der Waals surface area contributed by atoms with Crippen molar-refractivity contribution in [2.45, 2.75) is 57.8 Å². The van der Waals surface area contributed by atoms with E-state index in [-0.39, 0.29) is 11.5 Å². The first-order chi connectivity index (χ1) is 14.7. The van der Waals surface area contributed by atoms with E-state index in [2.05, 4.69) is 11.9 Å². The summed E-state index contributed by atoms with van der Waals surface area (Å²) >= 11 is 0. The van der Waals surface area contributed by atoms with Gasteiger partial charge in [0, 0.05) is 6.54 Å². The number of imidazole rings is 1. The molecule has 0 aliphatic heterocycles. The summed E-state index contributed by atoms with van der Waals surface area (Å²) in [5.74, 6) is 0.603. The van der Waals surface area contributed by atoms with Crippen molar-refractivity contribution in [2.24, 2.45) is 5.14 Å². The highest BCUT2D eigenvalue weighted by molar-refractivity contribution is 7.89. The van der Waals surface area contributed by atoms with E-state index in [1.807, 2.05) is 23.6 Å². The second-order valence-electron chi connectivity index (χ2n) is 7.41. The van der Waals surface area contributed by atoms with E-state index in [9.17, 15) is 13.2 Å². The molecule has 2 N–H and O–H groups in total. The summed E-state index contributed by atoms with van der Waals surface area (Å²) in [7, 11) is -3.84. The Kier molecular flexibility index (Phi) is 6.97. The van der Waals surface area contributed by atoms with Crippen LogP contribution in [0.4, 0.5) is 0 Å². The number of carbonyl (C=O) groups is 1. The van der Waals surface area contributed by atoms with E-state index in [4.69, 9.17) is 14.6 Å². The lowest BCUT2D eigenvalue weighted by molar-refractivity contribution is -0.152. The van der Waals surface area contributed by atoms with Crippen LogP contribution in [0.2, 0.25) is 0 Å². The first-order valence-electron chi connectivity index (χ1n) is 10.1. The fourth-order valence-electron chi connectivity index (χ4n) is 3.13. The van der Waals surface area contributed by atoms with Crippen molar-refractivity contribution in [3.05, 3.63) is 53.9 Å². The monoisotopic (exact) mass is 445 g/mol. The Labute approximate surface area is 182 Å². The number of nitrogens with two attached hydrogens (primary N) is 1. The number of hydrogen-bond acceptors (Lipinski definition) is 6. The third-order valence-electron chi connectivity index (χ3n) is 4.87. The highest BCUT2D eigenvalue weighted by Gasteiger charge is 2.19. The molecule has 1 atom stereocenters. The number of aromatic nitrogens is 2. The number of hydrogen-bond donors (Lipinski definition) is 1. The molecule has 9 heteroatoms. The average molecular weight is 446 g/mol. The Balaban J connectivity index is 1.77. The van der Waals surface area contributed by atoms with Gasteiger partial charge in [-0.05, 0) is 50.6 Å². The van der Waals surface area contributed by atoms with Gasteiger partial charge in [-0.2, -0.15) is 0 Å². The van der Waals surface area contributed by atoms with Gasteiger partial charge in [-0.15, -0.1) is 0 Å². The molecule has 3 rings (SSSR count). The maximum absolute atomic E-state index is 12.4. The Morgan fingerprint density at radius 2 is 1.90 bits per heavy atom. The third kappa shape index (κ3) is 5.62. The largest absolute Gasteiger partial charge is 0.479 e. The molecule has 1 unspecified atom stereocenters. The Morgan fingerprint density at radius 1 is 1.19 bits per heavy atom. The van der Waals surface area contributed by atoms with E-state index in [0.717, 1.165) is 23.9 Å². The molecule has 0 radical (unpaired) electrons. The van der Waals surface area contributed by atoms with Gasteiger partial charge in [0.1, 0.15) is 18.2 Å². The van der Waals surface area contributed by atoms with Crippen molar-refractivity contribution in [1.82, 2.24) is 9.55 Å². The molecule has 0 fully saturated rings. The van der Waals surface area contributed by atoms with Crippen LogP contribution in [-0.2, 0) is 32.7 Å². The smallest absolute Gasteiger partial charge is 0.347 e. The molecule has 1 heterocycles. The zero-order valence-electron chi connectivity index (χ0n) is 17.9. The van der Waals surface area contributed by atoms with Crippen LogP contribution in [0.15, 0.2) is 47.4 Å². The first-order valence-corrected chi connectivity index (χ1v) is 11.7. The molecule has 0 saturated carbocycles. The van der Waals surface area contributed by atoms with Crippen molar-refractivity contribution in [1.29, 1.82) is 0 Å². The standard InChI is InChI=1S/C22H27N3O5S/c1-4-5-12-25-20-11-10-18(31(23,27)28)13-19(20)24-21(25)14-29-22(26)16(3)30-17-8-6-15(2)7-9-17/h6-11,13,16H,4-5,12,14H2,1-3H3,(H2,23,27,28). The molecule has 2 aromatic carbocycles. The number of fused-ring (bicyclic) bond motifs is 1. The molecule has 0 aliphatic carbocycles. The first kappa shape index (κ1) is 22.8. The number of esters is 1. The van der Waals surface area contributed by atoms with Gasteiger partial charge in [-0.1, -0.05) is 31.0 Å². The Hall–Kier alpha value is -2.91.